The quantitative estimate of drug-likeness (QED) is 0.686. The van der Waals surface area contributed by atoms with Crippen LogP contribution in [0.4, 0.5) is 5.69 Å². The number of fused-ring (bicyclic) bond motifs is 3. The highest BCUT2D eigenvalue weighted by molar-refractivity contribution is 5.99. The largest absolute Gasteiger partial charge is 0.385 e. The fourth-order valence-electron chi connectivity index (χ4n) is 6.83. The van der Waals surface area contributed by atoms with Crippen molar-refractivity contribution in [2.45, 2.75) is 49.3 Å². The van der Waals surface area contributed by atoms with Gasteiger partial charge in [-0.2, -0.15) is 0 Å². The Morgan fingerprint density at radius 1 is 1.33 bits per heavy atom. The summed E-state index contributed by atoms with van der Waals surface area (Å²) < 4.78 is 11.6. The van der Waals surface area contributed by atoms with Crippen LogP contribution in [0.25, 0.3) is 0 Å². The van der Waals surface area contributed by atoms with Crippen molar-refractivity contribution < 1.29 is 23.9 Å². The maximum Gasteiger partial charge on any atom is 0.229 e. The Kier molecular flexibility index (Phi) is 4.71. The highest BCUT2D eigenvalue weighted by Crippen LogP contribution is 2.61. The molecule has 0 aromatic heterocycles. The molecule has 0 spiro atoms. The molecule has 160 valence electrons. The van der Waals surface area contributed by atoms with Gasteiger partial charge in [-0.15, -0.1) is 0 Å². The summed E-state index contributed by atoms with van der Waals surface area (Å²) in [6, 6.07) is 7.60. The number of amides is 2. The van der Waals surface area contributed by atoms with Crippen LogP contribution < -0.4 is 4.90 Å². The minimum atomic E-state index is -0.494. The van der Waals surface area contributed by atoms with Crippen LogP contribution in [-0.2, 0) is 29.3 Å². The number of hydrogen-bond acceptors (Lipinski definition) is 5. The molecule has 6 unspecified atom stereocenters. The van der Waals surface area contributed by atoms with Gasteiger partial charge in [0.25, 0.3) is 0 Å². The highest BCUT2D eigenvalue weighted by Gasteiger charge is 2.68. The van der Waals surface area contributed by atoms with Crippen LogP contribution in [0.3, 0.4) is 0 Å². The van der Waals surface area contributed by atoms with Crippen molar-refractivity contribution in [3.05, 3.63) is 29.8 Å². The molecule has 7 heteroatoms. The van der Waals surface area contributed by atoms with Crippen molar-refractivity contribution in [3.8, 4) is 0 Å². The molecule has 30 heavy (non-hydrogen) atoms. The van der Waals surface area contributed by atoms with Crippen LogP contribution in [0.5, 0.6) is 0 Å². The van der Waals surface area contributed by atoms with Gasteiger partial charge in [-0.25, -0.2) is 0 Å². The Bertz CT molecular complexity index is 888. The van der Waals surface area contributed by atoms with Crippen LogP contribution in [0.2, 0.25) is 0 Å². The van der Waals surface area contributed by atoms with Crippen LogP contribution in [0.15, 0.2) is 24.3 Å². The monoisotopic (exact) mass is 412 g/mol. The van der Waals surface area contributed by atoms with E-state index in [0.717, 1.165) is 17.7 Å². The van der Waals surface area contributed by atoms with Gasteiger partial charge in [-0.3, -0.25) is 14.4 Å². The summed E-state index contributed by atoms with van der Waals surface area (Å²) in [6.45, 7) is 0.871. The maximum atomic E-state index is 13.4. The minimum absolute atomic E-state index is 0.0375. The molecular weight excluding hydrogens is 384 g/mol. The first-order chi connectivity index (χ1) is 14.5. The second-order valence-corrected chi connectivity index (χ2v) is 9.04. The molecule has 3 heterocycles. The average molecular weight is 412 g/mol. The van der Waals surface area contributed by atoms with E-state index < -0.39 is 5.41 Å². The normalized spacial score (nSPS) is 36.7. The molecule has 3 aliphatic heterocycles. The molecule has 2 saturated heterocycles. The summed E-state index contributed by atoms with van der Waals surface area (Å²) in [7, 11) is 3.46. The molecule has 1 aliphatic carbocycles. The smallest absolute Gasteiger partial charge is 0.229 e. The molecule has 7 nitrogen and oxygen atoms in total. The second-order valence-electron chi connectivity index (χ2n) is 9.04. The maximum absolute atomic E-state index is 13.4. The Morgan fingerprint density at radius 2 is 2.13 bits per heavy atom. The van der Waals surface area contributed by atoms with E-state index in [0.29, 0.717) is 38.9 Å². The summed E-state index contributed by atoms with van der Waals surface area (Å²) in [6.07, 6.45) is 2.53. The molecular formula is C23H28N2O5. The van der Waals surface area contributed by atoms with E-state index in [-0.39, 0.29) is 41.7 Å². The second kappa shape index (κ2) is 7.17. The summed E-state index contributed by atoms with van der Waals surface area (Å²) in [5, 5.41) is 0. The Hall–Kier alpha value is -2.25. The van der Waals surface area contributed by atoms with Crippen molar-refractivity contribution in [2.75, 3.05) is 32.3 Å². The van der Waals surface area contributed by atoms with Gasteiger partial charge in [0.15, 0.2) is 0 Å². The van der Waals surface area contributed by atoms with E-state index in [1.807, 2.05) is 23.1 Å². The number of para-hydroxylation sites is 1. The van der Waals surface area contributed by atoms with Crippen molar-refractivity contribution in [1.29, 1.82) is 0 Å². The lowest BCUT2D eigenvalue weighted by Crippen LogP contribution is -2.70. The number of nitrogens with zero attached hydrogens (tertiary/aromatic N) is 2. The predicted molar refractivity (Wildman–Crippen MR) is 109 cm³/mol. The number of anilines is 1. The Balaban J connectivity index is 1.77. The number of ketones is 1. The van der Waals surface area contributed by atoms with Gasteiger partial charge in [-0.1, -0.05) is 18.2 Å². The molecule has 0 N–H and O–H groups in total. The summed E-state index contributed by atoms with van der Waals surface area (Å²) in [4.78, 5) is 42.1. The number of carbonyl (C=O) groups excluding carboxylic acids is 3. The number of methoxy groups -OCH3 is 1. The van der Waals surface area contributed by atoms with E-state index in [9.17, 15) is 14.4 Å². The lowest BCUT2D eigenvalue weighted by Gasteiger charge is -2.58. The van der Waals surface area contributed by atoms with E-state index in [4.69, 9.17) is 9.47 Å². The van der Waals surface area contributed by atoms with Gasteiger partial charge in [0.2, 0.25) is 12.3 Å². The third-order valence-electron chi connectivity index (χ3n) is 7.92. The third-order valence-corrected chi connectivity index (χ3v) is 7.92. The van der Waals surface area contributed by atoms with Crippen molar-refractivity contribution >= 4 is 23.8 Å². The Labute approximate surface area is 176 Å². The molecule has 6 atom stereocenters. The molecule has 1 aromatic carbocycles. The number of carbonyl (C=O) groups is 3. The number of Topliss-reactive ketones (excluding diaryl/α,β-unsaturated/α-hetero) is 1. The first-order valence-electron chi connectivity index (χ1n) is 10.8. The number of rotatable bonds is 5. The zero-order valence-electron chi connectivity index (χ0n) is 17.5. The fraction of sp³-hybridized carbons (Fsp3) is 0.609. The van der Waals surface area contributed by atoms with Crippen LogP contribution in [0.1, 0.15) is 31.2 Å². The summed E-state index contributed by atoms with van der Waals surface area (Å²) >= 11 is 0. The van der Waals surface area contributed by atoms with Gasteiger partial charge in [0.05, 0.1) is 25.2 Å². The van der Waals surface area contributed by atoms with Gasteiger partial charge in [0, 0.05) is 56.2 Å². The highest BCUT2D eigenvalue weighted by atomic mass is 16.5. The van der Waals surface area contributed by atoms with Crippen LogP contribution in [0, 0.1) is 11.8 Å². The topological polar surface area (TPSA) is 76.2 Å². The number of ether oxygens (including phenoxy) is 2. The standard InChI is InChI=1S/C23H28N2O5/c1-24(13-26)19-11-14-17(27)7-9-30-18-12-20(28)25-16-6-4-3-5-15(16)23(19,8-10-29-2)22(25)21(14)18/h3-6,13-14,18-19,21-22H,7-12H2,1-2H3. The molecule has 3 fully saturated rings. The molecule has 0 bridgehead atoms. The lowest BCUT2D eigenvalue weighted by atomic mass is 9.53. The fourth-order valence-corrected chi connectivity index (χ4v) is 6.83. The van der Waals surface area contributed by atoms with Crippen LogP contribution >= 0.6 is 0 Å². The Morgan fingerprint density at radius 3 is 2.90 bits per heavy atom. The molecule has 2 amide bonds. The average Bonchev–Trinajstić information content (AvgIpc) is 2.97. The number of hydrogen-bond donors (Lipinski definition) is 0. The zero-order valence-corrected chi connectivity index (χ0v) is 17.5. The summed E-state index contributed by atoms with van der Waals surface area (Å²) in [5.74, 6) is -0.0540. The number of piperidine rings is 1. The van der Waals surface area contributed by atoms with E-state index in [2.05, 4.69) is 6.07 Å². The van der Waals surface area contributed by atoms with Gasteiger partial charge in [-0.05, 0) is 24.5 Å². The van der Waals surface area contributed by atoms with E-state index in [1.54, 1.807) is 19.1 Å². The number of likely N-dealkylation sites (N-methyl/N-ethyl adjacent to an activating group) is 1. The number of benzene rings is 1. The molecule has 1 saturated carbocycles. The van der Waals surface area contributed by atoms with E-state index in [1.165, 1.54) is 0 Å². The van der Waals surface area contributed by atoms with Crippen molar-refractivity contribution in [2.24, 2.45) is 11.8 Å². The zero-order chi connectivity index (χ0) is 21.0. The van der Waals surface area contributed by atoms with E-state index >= 15 is 0 Å². The predicted octanol–water partition coefficient (Wildman–Crippen LogP) is 1.53. The third kappa shape index (κ3) is 2.48. The molecule has 1 aromatic rings. The first kappa shape index (κ1) is 19.7. The lowest BCUT2D eigenvalue weighted by molar-refractivity contribution is -0.141. The molecule has 0 radical (unpaired) electrons. The van der Waals surface area contributed by atoms with Gasteiger partial charge < -0.3 is 19.3 Å². The molecule has 5 rings (SSSR count). The van der Waals surface area contributed by atoms with Crippen LogP contribution in [-0.4, -0.2) is 68.6 Å². The summed E-state index contributed by atoms with van der Waals surface area (Å²) in [5.41, 5.74) is 1.49. The SMILES string of the molecule is COCCC12c3ccccc3N3C(=O)CC4OCCC(=O)C(CC1N(C)C=O)C4C32. The molecule has 4 aliphatic rings. The van der Waals surface area contributed by atoms with Gasteiger partial charge in [0.1, 0.15) is 5.78 Å². The minimum Gasteiger partial charge on any atom is -0.385 e. The van der Waals surface area contributed by atoms with Crippen molar-refractivity contribution in [3.63, 3.8) is 0 Å². The van der Waals surface area contributed by atoms with Gasteiger partial charge >= 0.3 is 0 Å². The first-order valence-corrected chi connectivity index (χ1v) is 10.8. The van der Waals surface area contributed by atoms with Crippen molar-refractivity contribution in [1.82, 2.24) is 4.90 Å².